The van der Waals surface area contributed by atoms with E-state index in [1.807, 2.05) is 30.8 Å². The second kappa shape index (κ2) is 8.61. The lowest BCUT2D eigenvalue weighted by Gasteiger charge is -2.36. The maximum absolute atomic E-state index is 5.85. The van der Waals surface area contributed by atoms with Gasteiger partial charge < -0.3 is 10.1 Å². The van der Waals surface area contributed by atoms with Gasteiger partial charge in [-0.25, -0.2) is 4.98 Å². The summed E-state index contributed by atoms with van der Waals surface area (Å²) in [4.78, 5) is 11.2. The van der Waals surface area contributed by atoms with Gasteiger partial charge in [0.1, 0.15) is 12.4 Å². The topological polar surface area (TPSA) is 50.3 Å². The number of hydrogen-bond donors (Lipinski definition) is 1. The molecule has 1 fully saturated rings. The molecule has 6 heteroatoms. The van der Waals surface area contributed by atoms with Crippen LogP contribution in [-0.4, -0.2) is 34.5 Å². The molecule has 0 saturated carbocycles. The Labute approximate surface area is 164 Å². The first kappa shape index (κ1) is 18.1. The summed E-state index contributed by atoms with van der Waals surface area (Å²) >= 11 is 1.65. The SMILES string of the molecule is Cc1nc(COc2ccc(CN3CCNCC3c3cccnc3)cc2)cs1. The van der Waals surface area contributed by atoms with Gasteiger partial charge in [-0.05, 0) is 36.2 Å². The molecule has 1 aliphatic heterocycles. The van der Waals surface area contributed by atoms with Crippen molar-refractivity contribution in [2.75, 3.05) is 19.6 Å². The molecule has 2 aromatic heterocycles. The lowest BCUT2D eigenvalue weighted by Crippen LogP contribution is -2.45. The first-order chi connectivity index (χ1) is 13.3. The lowest BCUT2D eigenvalue weighted by molar-refractivity contribution is 0.153. The molecule has 1 aliphatic rings. The van der Waals surface area contributed by atoms with Crippen LogP contribution in [0.1, 0.15) is 27.9 Å². The first-order valence-corrected chi connectivity index (χ1v) is 10.1. The van der Waals surface area contributed by atoms with E-state index in [1.165, 1.54) is 11.1 Å². The molecule has 3 heterocycles. The highest BCUT2D eigenvalue weighted by Gasteiger charge is 2.23. The summed E-state index contributed by atoms with van der Waals surface area (Å²) in [5.74, 6) is 0.883. The smallest absolute Gasteiger partial charge is 0.131 e. The highest BCUT2D eigenvalue weighted by molar-refractivity contribution is 7.09. The van der Waals surface area contributed by atoms with E-state index in [9.17, 15) is 0 Å². The zero-order valence-electron chi connectivity index (χ0n) is 15.5. The molecule has 0 amide bonds. The average molecular weight is 381 g/mol. The molecule has 27 heavy (non-hydrogen) atoms. The van der Waals surface area contributed by atoms with Crippen molar-refractivity contribution in [3.05, 3.63) is 76.0 Å². The van der Waals surface area contributed by atoms with Crippen LogP contribution in [0.5, 0.6) is 5.75 Å². The highest BCUT2D eigenvalue weighted by Crippen LogP contribution is 2.24. The van der Waals surface area contributed by atoms with Crippen molar-refractivity contribution >= 4 is 11.3 Å². The van der Waals surface area contributed by atoms with Crippen molar-refractivity contribution in [2.45, 2.75) is 26.1 Å². The van der Waals surface area contributed by atoms with Gasteiger partial charge in [-0.15, -0.1) is 11.3 Å². The highest BCUT2D eigenvalue weighted by atomic mass is 32.1. The summed E-state index contributed by atoms with van der Waals surface area (Å²) in [5, 5.41) is 6.62. The van der Waals surface area contributed by atoms with Gasteiger partial charge in [-0.1, -0.05) is 18.2 Å². The van der Waals surface area contributed by atoms with Crippen LogP contribution >= 0.6 is 11.3 Å². The summed E-state index contributed by atoms with van der Waals surface area (Å²) in [7, 11) is 0. The summed E-state index contributed by atoms with van der Waals surface area (Å²) in [6.45, 7) is 6.46. The molecule has 0 radical (unpaired) electrons. The molecular weight excluding hydrogens is 356 g/mol. The predicted octanol–water partition coefficient (Wildman–Crippen LogP) is 3.57. The molecular formula is C21H24N4OS. The Balaban J connectivity index is 1.38. The first-order valence-electron chi connectivity index (χ1n) is 9.25. The van der Waals surface area contributed by atoms with Gasteiger partial charge >= 0.3 is 0 Å². The number of benzene rings is 1. The Morgan fingerprint density at radius 3 is 2.89 bits per heavy atom. The number of nitrogens with zero attached hydrogens (tertiary/aromatic N) is 3. The standard InChI is InChI=1S/C21H24N4OS/c1-16-24-19(15-27-16)14-26-20-6-4-17(5-7-20)13-25-10-9-23-12-21(25)18-3-2-8-22-11-18/h2-8,11,15,21,23H,9-10,12-14H2,1H3. The minimum absolute atomic E-state index is 0.358. The Bertz CT molecular complexity index is 850. The van der Waals surface area contributed by atoms with Crippen LogP contribution < -0.4 is 10.1 Å². The normalized spacial score (nSPS) is 17.7. The predicted molar refractivity (Wildman–Crippen MR) is 108 cm³/mol. The van der Waals surface area contributed by atoms with Gasteiger partial charge in [-0.3, -0.25) is 9.88 Å². The molecule has 0 spiro atoms. The van der Waals surface area contributed by atoms with Gasteiger partial charge in [0.2, 0.25) is 0 Å². The Kier molecular flexibility index (Phi) is 5.77. The zero-order chi connectivity index (χ0) is 18.5. The molecule has 4 rings (SSSR count). The molecule has 1 saturated heterocycles. The lowest BCUT2D eigenvalue weighted by atomic mass is 10.0. The van der Waals surface area contributed by atoms with E-state index in [0.29, 0.717) is 12.6 Å². The van der Waals surface area contributed by atoms with Crippen molar-refractivity contribution in [3.63, 3.8) is 0 Å². The second-order valence-corrected chi connectivity index (χ2v) is 7.83. The molecule has 140 valence electrons. The Hall–Kier alpha value is -2.28. The average Bonchev–Trinajstić information content (AvgIpc) is 3.14. The van der Waals surface area contributed by atoms with E-state index < -0.39 is 0 Å². The summed E-state index contributed by atoms with van der Waals surface area (Å²) in [5.41, 5.74) is 3.55. The summed E-state index contributed by atoms with van der Waals surface area (Å²) in [6, 6.07) is 12.9. The van der Waals surface area contributed by atoms with E-state index in [4.69, 9.17) is 4.74 Å². The van der Waals surface area contributed by atoms with Crippen molar-refractivity contribution in [1.29, 1.82) is 0 Å². The molecule has 1 N–H and O–H groups in total. The largest absolute Gasteiger partial charge is 0.487 e. The van der Waals surface area contributed by atoms with Crippen LogP contribution in [0.2, 0.25) is 0 Å². The monoisotopic (exact) mass is 380 g/mol. The molecule has 5 nitrogen and oxygen atoms in total. The van der Waals surface area contributed by atoms with Gasteiger partial charge in [-0.2, -0.15) is 0 Å². The van der Waals surface area contributed by atoms with Crippen molar-refractivity contribution in [3.8, 4) is 5.75 Å². The maximum Gasteiger partial charge on any atom is 0.131 e. The summed E-state index contributed by atoms with van der Waals surface area (Å²) in [6.07, 6.45) is 3.80. The van der Waals surface area contributed by atoms with E-state index >= 15 is 0 Å². The third-order valence-corrected chi connectivity index (χ3v) is 5.61. The van der Waals surface area contributed by atoms with E-state index in [2.05, 4.69) is 50.5 Å². The zero-order valence-corrected chi connectivity index (χ0v) is 16.3. The molecule has 1 aromatic carbocycles. The number of rotatable bonds is 6. The Morgan fingerprint density at radius 1 is 1.26 bits per heavy atom. The van der Waals surface area contributed by atoms with Crippen LogP contribution in [0.15, 0.2) is 54.2 Å². The van der Waals surface area contributed by atoms with Crippen LogP contribution in [0, 0.1) is 6.92 Å². The van der Waals surface area contributed by atoms with E-state index in [0.717, 1.165) is 42.6 Å². The minimum Gasteiger partial charge on any atom is -0.487 e. The fourth-order valence-corrected chi connectivity index (χ4v) is 3.99. The van der Waals surface area contributed by atoms with Gasteiger partial charge in [0, 0.05) is 50.0 Å². The van der Waals surface area contributed by atoms with Crippen molar-refractivity contribution in [2.24, 2.45) is 0 Å². The molecule has 0 aliphatic carbocycles. The van der Waals surface area contributed by atoms with Crippen LogP contribution in [-0.2, 0) is 13.2 Å². The Morgan fingerprint density at radius 2 is 2.15 bits per heavy atom. The number of ether oxygens (including phenoxy) is 1. The van der Waals surface area contributed by atoms with Crippen molar-refractivity contribution < 1.29 is 4.74 Å². The number of piperazine rings is 1. The quantitative estimate of drug-likeness (QED) is 0.708. The molecule has 0 bridgehead atoms. The third-order valence-electron chi connectivity index (χ3n) is 4.79. The minimum atomic E-state index is 0.358. The van der Waals surface area contributed by atoms with E-state index in [1.54, 1.807) is 11.3 Å². The number of hydrogen-bond acceptors (Lipinski definition) is 6. The fraction of sp³-hybridized carbons (Fsp3) is 0.333. The maximum atomic E-state index is 5.85. The van der Waals surface area contributed by atoms with Crippen LogP contribution in [0.25, 0.3) is 0 Å². The van der Waals surface area contributed by atoms with Gasteiger partial charge in [0.15, 0.2) is 0 Å². The number of aromatic nitrogens is 2. The van der Waals surface area contributed by atoms with Gasteiger partial charge in [0.05, 0.1) is 10.7 Å². The second-order valence-electron chi connectivity index (χ2n) is 6.77. The number of pyridine rings is 1. The van der Waals surface area contributed by atoms with Crippen molar-refractivity contribution in [1.82, 2.24) is 20.2 Å². The summed E-state index contributed by atoms with van der Waals surface area (Å²) < 4.78 is 5.85. The number of aryl methyl sites for hydroxylation is 1. The number of thiazole rings is 1. The molecule has 1 unspecified atom stereocenters. The van der Waals surface area contributed by atoms with E-state index in [-0.39, 0.29) is 0 Å². The third kappa shape index (κ3) is 4.71. The fourth-order valence-electron chi connectivity index (χ4n) is 3.39. The number of nitrogens with one attached hydrogen (secondary N) is 1. The molecule has 3 aromatic rings. The van der Waals surface area contributed by atoms with Crippen LogP contribution in [0.3, 0.4) is 0 Å². The molecule has 1 atom stereocenters. The van der Waals surface area contributed by atoms with Crippen LogP contribution in [0.4, 0.5) is 0 Å². The van der Waals surface area contributed by atoms with Gasteiger partial charge in [0.25, 0.3) is 0 Å².